The van der Waals surface area contributed by atoms with Gasteiger partial charge < -0.3 is 15.0 Å². The van der Waals surface area contributed by atoms with E-state index in [2.05, 4.69) is 5.32 Å². The number of hydrogen-bond donors (Lipinski definition) is 1. The van der Waals surface area contributed by atoms with Crippen molar-refractivity contribution in [3.63, 3.8) is 0 Å². The number of benzene rings is 1. The monoisotopic (exact) mass is 273 g/mol. The standard InChI is InChI=1S/C14H15N3O3/c1-17-9-12(20-14(17)19)5-6-16-13(18)11-4-2-3-10(7-11)8-15/h2-4,7,12H,5-6,9H2,1H3,(H,16,18). The molecule has 0 radical (unpaired) electrons. The molecule has 0 aliphatic carbocycles. The maximum atomic E-state index is 11.9. The first-order valence-electron chi connectivity index (χ1n) is 6.30. The zero-order chi connectivity index (χ0) is 14.5. The van der Waals surface area contributed by atoms with Crippen molar-refractivity contribution in [3.8, 4) is 6.07 Å². The molecule has 0 spiro atoms. The van der Waals surface area contributed by atoms with E-state index in [1.54, 1.807) is 31.3 Å². The molecule has 1 fully saturated rings. The molecule has 0 aromatic heterocycles. The number of hydrogen-bond acceptors (Lipinski definition) is 4. The van der Waals surface area contributed by atoms with Gasteiger partial charge in [-0.2, -0.15) is 5.26 Å². The summed E-state index contributed by atoms with van der Waals surface area (Å²) in [6.07, 6.45) is 0.0565. The Labute approximate surface area is 116 Å². The largest absolute Gasteiger partial charge is 0.444 e. The van der Waals surface area contributed by atoms with Crippen LogP contribution in [0.5, 0.6) is 0 Å². The fraction of sp³-hybridized carbons (Fsp3) is 0.357. The molecule has 20 heavy (non-hydrogen) atoms. The van der Waals surface area contributed by atoms with Crippen LogP contribution in [0.1, 0.15) is 22.3 Å². The second-order valence-electron chi connectivity index (χ2n) is 4.62. The van der Waals surface area contributed by atoms with Crippen LogP contribution in [0.25, 0.3) is 0 Å². The summed E-state index contributed by atoms with van der Waals surface area (Å²) in [6, 6.07) is 8.49. The molecule has 104 valence electrons. The zero-order valence-electron chi connectivity index (χ0n) is 11.1. The number of cyclic esters (lactones) is 1. The highest BCUT2D eigenvalue weighted by molar-refractivity contribution is 5.94. The van der Waals surface area contributed by atoms with Crippen LogP contribution in [0, 0.1) is 11.3 Å². The molecule has 1 aromatic rings. The molecule has 2 amide bonds. The van der Waals surface area contributed by atoms with Crippen molar-refractivity contribution >= 4 is 12.0 Å². The van der Waals surface area contributed by atoms with Gasteiger partial charge in [-0.15, -0.1) is 0 Å². The van der Waals surface area contributed by atoms with Crippen LogP contribution >= 0.6 is 0 Å². The van der Waals surface area contributed by atoms with Gasteiger partial charge in [0, 0.05) is 25.6 Å². The van der Waals surface area contributed by atoms with E-state index < -0.39 is 0 Å². The number of nitriles is 1. The van der Waals surface area contributed by atoms with Gasteiger partial charge in [0.05, 0.1) is 18.2 Å². The number of amides is 2. The van der Waals surface area contributed by atoms with Gasteiger partial charge in [0.15, 0.2) is 0 Å². The van der Waals surface area contributed by atoms with E-state index in [1.165, 1.54) is 4.90 Å². The van der Waals surface area contributed by atoms with Gasteiger partial charge in [-0.25, -0.2) is 4.79 Å². The number of likely N-dealkylation sites (N-methyl/N-ethyl adjacent to an activating group) is 1. The first kappa shape index (κ1) is 13.9. The van der Waals surface area contributed by atoms with E-state index >= 15 is 0 Å². The van der Waals surface area contributed by atoms with E-state index in [1.807, 2.05) is 6.07 Å². The first-order chi connectivity index (χ1) is 9.60. The van der Waals surface area contributed by atoms with Crippen LogP contribution in [0.2, 0.25) is 0 Å². The molecule has 1 unspecified atom stereocenters. The van der Waals surface area contributed by atoms with Gasteiger partial charge in [-0.3, -0.25) is 4.79 Å². The number of ether oxygens (including phenoxy) is 1. The van der Waals surface area contributed by atoms with Crippen LogP contribution in [0.3, 0.4) is 0 Å². The molecule has 1 heterocycles. The second-order valence-corrected chi connectivity index (χ2v) is 4.62. The lowest BCUT2D eigenvalue weighted by Gasteiger charge is -2.09. The first-order valence-corrected chi connectivity index (χ1v) is 6.30. The van der Waals surface area contributed by atoms with Crippen molar-refractivity contribution in [2.24, 2.45) is 0 Å². The van der Waals surface area contributed by atoms with E-state index in [9.17, 15) is 9.59 Å². The molecule has 1 saturated heterocycles. The molecular formula is C14H15N3O3. The Hall–Kier alpha value is -2.55. The minimum absolute atomic E-state index is 0.182. The van der Waals surface area contributed by atoms with Crippen molar-refractivity contribution < 1.29 is 14.3 Å². The molecule has 0 bridgehead atoms. The summed E-state index contributed by atoms with van der Waals surface area (Å²) in [5.41, 5.74) is 0.897. The normalized spacial score (nSPS) is 17.5. The van der Waals surface area contributed by atoms with Crippen molar-refractivity contribution in [2.45, 2.75) is 12.5 Å². The van der Waals surface area contributed by atoms with Crippen LogP contribution in [-0.2, 0) is 4.74 Å². The lowest BCUT2D eigenvalue weighted by atomic mass is 10.1. The third-order valence-corrected chi connectivity index (χ3v) is 3.06. The Kier molecular flexibility index (Phi) is 4.20. The third kappa shape index (κ3) is 3.26. The van der Waals surface area contributed by atoms with Gasteiger partial charge in [0.2, 0.25) is 0 Å². The lowest BCUT2D eigenvalue weighted by molar-refractivity contribution is 0.0944. The van der Waals surface area contributed by atoms with Gasteiger partial charge in [-0.1, -0.05) is 6.07 Å². The molecule has 2 rings (SSSR count). The quantitative estimate of drug-likeness (QED) is 0.891. The molecule has 6 heteroatoms. The van der Waals surface area contributed by atoms with Crippen LogP contribution in [0.4, 0.5) is 4.79 Å². The van der Waals surface area contributed by atoms with Crippen LogP contribution in [-0.4, -0.2) is 43.1 Å². The molecule has 6 nitrogen and oxygen atoms in total. The highest BCUT2D eigenvalue weighted by Gasteiger charge is 2.27. The average molecular weight is 273 g/mol. The van der Waals surface area contributed by atoms with Gasteiger partial charge in [0.25, 0.3) is 5.91 Å². The average Bonchev–Trinajstić information content (AvgIpc) is 2.77. The van der Waals surface area contributed by atoms with E-state index in [4.69, 9.17) is 10.00 Å². The summed E-state index contributed by atoms with van der Waals surface area (Å²) in [5, 5.41) is 11.5. The minimum atomic E-state index is -0.331. The lowest BCUT2D eigenvalue weighted by Crippen LogP contribution is -2.28. The molecular weight excluding hydrogens is 258 g/mol. The van der Waals surface area contributed by atoms with Crippen LogP contribution < -0.4 is 5.32 Å². The third-order valence-electron chi connectivity index (χ3n) is 3.06. The zero-order valence-corrected chi connectivity index (χ0v) is 11.1. The number of nitrogens with zero attached hydrogens (tertiary/aromatic N) is 2. The smallest absolute Gasteiger partial charge is 0.409 e. The van der Waals surface area contributed by atoms with Crippen LogP contribution in [0.15, 0.2) is 24.3 Å². The van der Waals surface area contributed by atoms with Crippen molar-refractivity contribution in [3.05, 3.63) is 35.4 Å². The van der Waals surface area contributed by atoms with E-state index in [-0.39, 0.29) is 18.1 Å². The number of rotatable bonds is 4. The van der Waals surface area contributed by atoms with Gasteiger partial charge >= 0.3 is 6.09 Å². The number of carbonyl (C=O) groups excluding carboxylic acids is 2. The number of nitrogens with one attached hydrogen (secondary N) is 1. The highest BCUT2D eigenvalue weighted by Crippen LogP contribution is 2.11. The molecule has 1 aliphatic rings. The Bertz CT molecular complexity index is 565. The number of carbonyl (C=O) groups is 2. The predicted octanol–water partition coefficient (Wildman–Crippen LogP) is 1.13. The van der Waals surface area contributed by atoms with E-state index in [0.29, 0.717) is 30.6 Å². The fourth-order valence-corrected chi connectivity index (χ4v) is 1.98. The fourth-order valence-electron chi connectivity index (χ4n) is 1.98. The Balaban J connectivity index is 1.81. The Morgan fingerprint density at radius 1 is 1.60 bits per heavy atom. The van der Waals surface area contributed by atoms with E-state index in [0.717, 1.165) is 0 Å². The molecule has 0 saturated carbocycles. The summed E-state index contributed by atoms with van der Waals surface area (Å²) in [5.74, 6) is -0.236. The molecule has 1 N–H and O–H groups in total. The van der Waals surface area contributed by atoms with Gasteiger partial charge in [0.1, 0.15) is 6.10 Å². The highest BCUT2D eigenvalue weighted by atomic mass is 16.6. The maximum absolute atomic E-state index is 11.9. The van der Waals surface area contributed by atoms with Crippen molar-refractivity contribution in [1.82, 2.24) is 10.2 Å². The van der Waals surface area contributed by atoms with Crippen molar-refractivity contribution in [2.75, 3.05) is 20.1 Å². The van der Waals surface area contributed by atoms with Crippen molar-refractivity contribution in [1.29, 1.82) is 5.26 Å². The summed E-state index contributed by atoms with van der Waals surface area (Å²) in [6.45, 7) is 0.958. The summed E-state index contributed by atoms with van der Waals surface area (Å²) in [7, 11) is 1.67. The maximum Gasteiger partial charge on any atom is 0.409 e. The minimum Gasteiger partial charge on any atom is -0.444 e. The summed E-state index contributed by atoms with van der Waals surface area (Å²) in [4.78, 5) is 24.5. The molecule has 1 aromatic carbocycles. The predicted molar refractivity (Wildman–Crippen MR) is 71.0 cm³/mol. The van der Waals surface area contributed by atoms with Gasteiger partial charge in [-0.05, 0) is 18.2 Å². The Morgan fingerprint density at radius 3 is 3.05 bits per heavy atom. The Morgan fingerprint density at radius 2 is 2.40 bits per heavy atom. The SMILES string of the molecule is CN1CC(CCNC(=O)c2cccc(C#N)c2)OC1=O. The molecule has 1 aliphatic heterocycles. The topological polar surface area (TPSA) is 82.4 Å². The second kappa shape index (κ2) is 6.06. The summed E-state index contributed by atoms with van der Waals surface area (Å²) < 4.78 is 5.09. The molecule has 1 atom stereocenters. The summed E-state index contributed by atoms with van der Waals surface area (Å²) >= 11 is 0.